The van der Waals surface area contributed by atoms with Crippen LogP contribution in [0.5, 0.6) is 0 Å². The first-order chi connectivity index (χ1) is 21.8. The lowest BCUT2D eigenvalue weighted by molar-refractivity contribution is -0.137. The highest BCUT2D eigenvalue weighted by atomic mass is 16.3. The molecule has 2 aliphatic rings. The summed E-state index contributed by atoms with van der Waals surface area (Å²) >= 11 is 0. The molecule has 0 aliphatic heterocycles. The lowest BCUT2D eigenvalue weighted by Crippen LogP contribution is -2.48. The van der Waals surface area contributed by atoms with Gasteiger partial charge >= 0.3 is 0 Å². The molecule has 244 valence electrons. The van der Waals surface area contributed by atoms with Gasteiger partial charge in [0.2, 0.25) is 17.6 Å². The largest absolute Gasteiger partial charge is 0.451 e. The van der Waals surface area contributed by atoms with Gasteiger partial charge in [0.05, 0.1) is 0 Å². The fourth-order valence-corrected chi connectivity index (χ4v) is 7.20. The Morgan fingerprint density at radius 1 is 1.07 bits per heavy atom. The Hall–Kier alpha value is -4.74. The second kappa shape index (κ2) is 12.6. The minimum Gasteiger partial charge on any atom is -0.451 e. The van der Waals surface area contributed by atoms with Crippen LogP contribution in [0.1, 0.15) is 69.0 Å². The zero-order valence-corrected chi connectivity index (χ0v) is 26.8. The number of carbonyl (C=O) groups is 5. The Morgan fingerprint density at radius 3 is 2.46 bits per heavy atom. The van der Waals surface area contributed by atoms with Crippen LogP contribution >= 0.6 is 0 Å². The quantitative estimate of drug-likeness (QED) is 0.236. The minimum atomic E-state index is -1.30. The van der Waals surface area contributed by atoms with Crippen molar-refractivity contribution in [3.63, 3.8) is 0 Å². The first-order valence-electron chi connectivity index (χ1n) is 15.6. The Kier molecular flexibility index (Phi) is 8.92. The van der Waals surface area contributed by atoms with Gasteiger partial charge in [0.25, 0.3) is 17.4 Å². The fourth-order valence-electron chi connectivity index (χ4n) is 7.20. The Labute approximate surface area is 266 Å². The van der Waals surface area contributed by atoms with Crippen LogP contribution in [-0.4, -0.2) is 53.1 Å². The molecular formula is C34H41N5O7. The highest BCUT2D eigenvalue weighted by Gasteiger charge is 2.61. The number of para-hydroxylation sites is 1. The van der Waals surface area contributed by atoms with Crippen LogP contribution < -0.4 is 26.8 Å². The van der Waals surface area contributed by atoms with E-state index < -0.39 is 35.1 Å². The van der Waals surface area contributed by atoms with E-state index in [1.165, 1.54) is 29.9 Å². The zero-order valence-electron chi connectivity index (χ0n) is 26.8. The molecule has 1 aromatic carbocycles. The molecule has 5 rings (SSSR count). The maximum Gasteiger partial charge on any atom is 0.287 e. The Balaban J connectivity index is 1.30. The predicted molar refractivity (Wildman–Crippen MR) is 171 cm³/mol. The molecule has 2 bridgehead atoms. The number of nitrogens with one attached hydrogen (secondary N) is 4. The standard InChI is InChI=1S/C34H41N5O7/c1-19-21-9-6-7-11-25(21)46-28(19)31(44)36-22(12-13-24(40)30(43)35-5)29(42)37-23-10-8-16-39(32(23)45)18-27(41)38-26-17-20-14-15-34(26,4)33(20,2)3/h6-11,16,20,22,26H,12-15,17-18H2,1-5H3,(H,35,43)(H,36,44)(H,37,42)(H,38,41)/t20-,22+,26+,34+/m1/s1. The van der Waals surface area contributed by atoms with Crippen molar-refractivity contribution in [1.29, 1.82) is 0 Å². The van der Waals surface area contributed by atoms with Gasteiger partial charge in [0, 0.05) is 36.7 Å². The second-order valence-corrected chi connectivity index (χ2v) is 13.2. The number of aryl methyl sites for hydroxylation is 1. The number of benzene rings is 1. The van der Waals surface area contributed by atoms with Gasteiger partial charge in [-0.15, -0.1) is 0 Å². The first-order valence-corrected chi connectivity index (χ1v) is 15.6. The number of hydrogen-bond acceptors (Lipinski definition) is 7. The molecule has 2 aliphatic carbocycles. The van der Waals surface area contributed by atoms with Crippen LogP contribution in [0.25, 0.3) is 11.0 Å². The van der Waals surface area contributed by atoms with Gasteiger partial charge in [-0.25, -0.2) is 0 Å². The van der Waals surface area contributed by atoms with Gasteiger partial charge in [-0.05, 0) is 67.6 Å². The molecule has 2 aromatic heterocycles. The van der Waals surface area contributed by atoms with Crippen LogP contribution in [0.15, 0.2) is 51.8 Å². The summed E-state index contributed by atoms with van der Waals surface area (Å²) in [6, 6.07) is 8.74. The van der Waals surface area contributed by atoms with E-state index in [4.69, 9.17) is 4.42 Å². The number of anilines is 1. The van der Waals surface area contributed by atoms with Gasteiger partial charge < -0.3 is 30.3 Å². The van der Waals surface area contributed by atoms with Crippen LogP contribution in [-0.2, 0) is 25.7 Å². The summed E-state index contributed by atoms with van der Waals surface area (Å²) in [6.07, 6.45) is 4.01. The van der Waals surface area contributed by atoms with Crippen LogP contribution in [0, 0.1) is 23.7 Å². The van der Waals surface area contributed by atoms with Gasteiger partial charge in [-0.3, -0.25) is 28.8 Å². The van der Waals surface area contributed by atoms with Crippen molar-refractivity contribution in [3.8, 4) is 0 Å². The summed E-state index contributed by atoms with van der Waals surface area (Å²) in [4.78, 5) is 77.2. The lowest BCUT2D eigenvalue weighted by Gasteiger charge is -2.39. The van der Waals surface area contributed by atoms with Gasteiger partial charge in [0.15, 0.2) is 5.76 Å². The number of pyridine rings is 1. The topological polar surface area (TPSA) is 169 Å². The van der Waals surface area contributed by atoms with Crippen molar-refractivity contribution < 1.29 is 28.4 Å². The van der Waals surface area contributed by atoms with Crippen molar-refractivity contribution in [2.45, 2.75) is 78.4 Å². The van der Waals surface area contributed by atoms with Crippen molar-refractivity contribution in [2.75, 3.05) is 12.4 Å². The smallest absolute Gasteiger partial charge is 0.287 e. The summed E-state index contributed by atoms with van der Waals surface area (Å²) in [5.41, 5.74) is 0.448. The van der Waals surface area contributed by atoms with E-state index in [2.05, 4.69) is 42.0 Å². The van der Waals surface area contributed by atoms with E-state index in [1.807, 2.05) is 6.07 Å². The van der Waals surface area contributed by atoms with E-state index in [1.54, 1.807) is 25.1 Å². The van der Waals surface area contributed by atoms with E-state index in [0.29, 0.717) is 17.1 Å². The van der Waals surface area contributed by atoms with E-state index in [0.717, 1.165) is 24.6 Å². The summed E-state index contributed by atoms with van der Waals surface area (Å²) in [5, 5.41) is 11.3. The summed E-state index contributed by atoms with van der Waals surface area (Å²) < 4.78 is 6.94. The highest BCUT2D eigenvalue weighted by molar-refractivity contribution is 6.36. The van der Waals surface area contributed by atoms with Gasteiger partial charge in [0.1, 0.15) is 23.9 Å². The van der Waals surface area contributed by atoms with Crippen LogP contribution in [0.2, 0.25) is 0 Å². The number of amides is 4. The SMILES string of the molecule is CNC(=O)C(=O)CC[C@H](NC(=O)c1oc2ccccc2c1C)C(=O)Nc1cccn(CC(=O)N[C@H]2C[C@H]3CC[C@]2(C)C3(C)C)c1=O. The maximum absolute atomic E-state index is 13.5. The molecule has 2 saturated carbocycles. The molecular weight excluding hydrogens is 590 g/mol. The molecule has 3 aromatic rings. The van der Waals surface area contributed by atoms with Crippen molar-refractivity contribution in [2.24, 2.45) is 16.7 Å². The monoisotopic (exact) mass is 631 g/mol. The number of ketones is 1. The molecule has 0 saturated heterocycles. The molecule has 0 spiro atoms. The number of likely N-dealkylation sites (N-methyl/N-ethyl adjacent to an activating group) is 1. The number of rotatable bonds is 11. The van der Waals surface area contributed by atoms with Gasteiger partial charge in [-0.1, -0.05) is 39.0 Å². The number of furan rings is 1. The molecule has 12 heteroatoms. The highest BCUT2D eigenvalue weighted by Crippen LogP contribution is 2.65. The normalized spacial score (nSPS) is 21.8. The number of hydrogen-bond donors (Lipinski definition) is 4. The van der Waals surface area contributed by atoms with Crippen molar-refractivity contribution in [1.82, 2.24) is 20.5 Å². The first kappa shape index (κ1) is 32.6. The third-order valence-electron chi connectivity index (χ3n) is 10.5. The van der Waals surface area contributed by atoms with Gasteiger partial charge in [-0.2, -0.15) is 0 Å². The summed E-state index contributed by atoms with van der Waals surface area (Å²) in [6.45, 7) is 8.23. The molecule has 0 radical (unpaired) electrons. The number of nitrogens with zero attached hydrogens (tertiary/aromatic N) is 1. The fraction of sp³-hybridized carbons (Fsp3) is 0.471. The predicted octanol–water partition coefficient (Wildman–Crippen LogP) is 3.07. The molecule has 4 N–H and O–H groups in total. The van der Waals surface area contributed by atoms with E-state index >= 15 is 0 Å². The number of aromatic nitrogens is 1. The summed E-state index contributed by atoms with van der Waals surface area (Å²) in [7, 11) is 1.32. The number of Topliss-reactive ketones (excluding diaryl/α,β-unsaturated/α-hetero) is 1. The van der Waals surface area contributed by atoms with E-state index in [9.17, 15) is 28.8 Å². The number of carbonyl (C=O) groups excluding carboxylic acids is 5. The van der Waals surface area contributed by atoms with Crippen LogP contribution in [0.3, 0.4) is 0 Å². The molecule has 2 heterocycles. The maximum atomic E-state index is 13.5. The van der Waals surface area contributed by atoms with Crippen LogP contribution in [0.4, 0.5) is 5.69 Å². The molecule has 2 fully saturated rings. The Bertz CT molecular complexity index is 1770. The average Bonchev–Trinajstić information content (AvgIpc) is 3.55. The Morgan fingerprint density at radius 2 is 1.80 bits per heavy atom. The summed E-state index contributed by atoms with van der Waals surface area (Å²) in [5.74, 6) is -2.82. The second-order valence-electron chi connectivity index (χ2n) is 13.2. The molecule has 12 nitrogen and oxygen atoms in total. The number of fused-ring (bicyclic) bond motifs is 3. The van der Waals surface area contributed by atoms with Crippen molar-refractivity contribution in [3.05, 3.63) is 64.3 Å². The molecule has 4 atom stereocenters. The third-order valence-corrected chi connectivity index (χ3v) is 10.5. The third kappa shape index (κ3) is 5.95. The van der Waals surface area contributed by atoms with E-state index in [-0.39, 0.29) is 53.6 Å². The molecule has 0 unspecified atom stereocenters. The van der Waals surface area contributed by atoms with Crippen molar-refractivity contribution >= 4 is 46.1 Å². The molecule has 4 amide bonds. The minimum absolute atomic E-state index is 0.00237. The zero-order chi connectivity index (χ0) is 33.4. The average molecular weight is 632 g/mol. The lowest BCUT2D eigenvalue weighted by atomic mass is 9.69. The molecule has 46 heavy (non-hydrogen) atoms.